The lowest BCUT2D eigenvalue weighted by Crippen LogP contribution is -1.94. The van der Waals surface area contributed by atoms with Crippen LogP contribution in [-0.4, -0.2) is 0 Å². The highest BCUT2D eigenvalue weighted by Gasteiger charge is 2.08. The standard InChI is InChI=1S/C10H11NOS/c1-7-2-3-10(13-7)8-4-5-12-9(8)6-11/h2-5H,6,11H2,1H3. The van der Waals surface area contributed by atoms with Crippen LogP contribution < -0.4 is 5.73 Å². The van der Waals surface area contributed by atoms with Crippen molar-refractivity contribution in [3.05, 3.63) is 35.1 Å². The minimum atomic E-state index is 0.458. The minimum Gasteiger partial charge on any atom is -0.467 e. The molecule has 2 nitrogen and oxygen atoms in total. The van der Waals surface area contributed by atoms with Crippen molar-refractivity contribution in [3.8, 4) is 10.4 Å². The predicted octanol–water partition coefficient (Wildman–Crippen LogP) is 2.78. The van der Waals surface area contributed by atoms with Crippen molar-refractivity contribution in [2.45, 2.75) is 13.5 Å². The molecule has 13 heavy (non-hydrogen) atoms. The summed E-state index contributed by atoms with van der Waals surface area (Å²) in [7, 11) is 0. The third-order valence-electron chi connectivity index (χ3n) is 1.94. The quantitative estimate of drug-likeness (QED) is 0.796. The Labute approximate surface area is 81.0 Å². The molecule has 0 aliphatic rings. The van der Waals surface area contributed by atoms with Gasteiger partial charge in [0.05, 0.1) is 12.8 Å². The first-order valence-corrected chi connectivity index (χ1v) is 4.96. The van der Waals surface area contributed by atoms with E-state index in [0.717, 1.165) is 11.3 Å². The maximum absolute atomic E-state index is 5.55. The Bertz CT molecular complexity index is 402. The Morgan fingerprint density at radius 2 is 2.23 bits per heavy atom. The van der Waals surface area contributed by atoms with Crippen molar-refractivity contribution in [2.24, 2.45) is 5.73 Å². The van der Waals surface area contributed by atoms with Crippen molar-refractivity contribution >= 4 is 11.3 Å². The van der Waals surface area contributed by atoms with E-state index in [1.807, 2.05) is 6.07 Å². The number of aryl methyl sites for hydroxylation is 1. The minimum absolute atomic E-state index is 0.458. The van der Waals surface area contributed by atoms with E-state index in [1.165, 1.54) is 9.75 Å². The molecule has 0 saturated heterocycles. The lowest BCUT2D eigenvalue weighted by atomic mass is 10.2. The molecular weight excluding hydrogens is 182 g/mol. The van der Waals surface area contributed by atoms with Gasteiger partial charge >= 0.3 is 0 Å². The van der Waals surface area contributed by atoms with Gasteiger partial charge in [-0.1, -0.05) is 0 Å². The summed E-state index contributed by atoms with van der Waals surface area (Å²) in [5.74, 6) is 0.863. The smallest absolute Gasteiger partial charge is 0.125 e. The van der Waals surface area contributed by atoms with Gasteiger partial charge in [-0.3, -0.25) is 0 Å². The summed E-state index contributed by atoms with van der Waals surface area (Å²) in [6, 6.07) is 6.17. The molecule has 0 fully saturated rings. The fourth-order valence-electron chi connectivity index (χ4n) is 1.30. The van der Waals surface area contributed by atoms with Gasteiger partial charge in [0.1, 0.15) is 5.76 Å². The van der Waals surface area contributed by atoms with Gasteiger partial charge in [-0.2, -0.15) is 0 Å². The van der Waals surface area contributed by atoms with Gasteiger partial charge in [0, 0.05) is 15.3 Å². The van der Waals surface area contributed by atoms with Crippen molar-refractivity contribution in [1.29, 1.82) is 0 Å². The Morgan fingerprint density at radius 1 is 1.38 bits per heavy atom. The topological polar surface area (TPSA) is 39.2 Å². The number of nitrogens with two attached hydrogens (primary N) is 1. The highest BCUT2D eigenvalue weighted by molar-refractivity contribution is 7.15. The van der Waals surface area contributed by atoms with Crippen LogP contribution in [0.3, 0.4) is 0 Å². The maximum Gasteiger partial charge on any atom is 0.125 e. The van der Waals surface area contributed by atoms with Gasteiger partial charge in [0.25, 0.3) is 0 Å². The molecule has 0 aliphatic heterocycles. The van der Waals surface area contributed by atoms with Crippen LogP contribution in [0.2, 0.25) is 0 Å². The van der Waals surface area contributed by atoms with Crippen LogP contribution in [0.25, 0.3) is 10.4 Å². The second-order valence-corrected chi connectivity index (χ2v) is 4.16. The summed E-state index contributed by atoms with van der Waals surface area (Å²) in [6.45, 7) is 2.55. The van der Waals surface area contributed by atoms with Crippen LogP contribution >= 0.6 is 11.3 Å². The van der Waals surface area contributed by atoms with E-state index in [2.05, 4.69) is 19.1 Å². The fraction of sp³-hybridized carbons (Fsp3) is 0.200. The van der Waals surface area contributed by atoms with E-state index >= 15 is 0 Å². The summed E-state index contributed by atoms with van der Waals surface area (Å²) in [5, 5.41) is 0. The second-order valence-electron chi connectivity index (χ2n) is 2.87. The van der Waals surface area contributed by atoms with E-state index in [0.29, 0.717) is 6.54 Å². The van der Waals surface area contributed by atoms with Gasteiger partial charge in [-0.15, -0.1) is 11.3 Å². The molecule has 2 heterocycles. The monoisotopic (exact) mass is 193 g/mol. The summed E-state index contributed by atoms with van der Waals surface area (Å²) < 4.78 is 5.26. The molecule has 0 saturated carbocycles. The van der Waals surface area contributed by atoms with Crippen molar-refractivity contribution in [3.63, 3.8) is 0 Å². The molecule has 0 aromatic carbocycles. The Morgan fingerprint density at radius 3 is 2.85 bits per heavy atom. The first kappa shape index (κ1) is 8.53. The van der Waals surface area contributed by atoms with E-state index in [4.69, 9.17) is 10.2 Å². The Hall–Kier alpha value is -1.06. The molecule has 2 rings (SSSR count). The number of hydrogen-bond donors (Lipinski definition) is 1. The molecule has 3 heteroatoms. The second kappa shape index (κ2) is 3.36. The van der Waals surface area contributed by atoms with Gasteiger partial charge in [-0.25, -0.2) is 0 Å². The van der Waals surface area contributed by atoms with Crippen molar-refractivity contribution in [2.75, 3.05) is 0 Å². The van der Waals surface area contributed by atoms with Gasteiger partial charge in [-0.05, 0) is 25.1 Å². The molecule has 0 spiro atoms. The molecule has 0 radical (unpaired) electrons. The average Bonchev–Trinajstić information content (AvgIpc) is 2.71. The molecule has 68 valence electrons. The van der Waals surface area contributed by atoms with Gasteiger partial charge in [0.2, 0.25) is 0 Å². The van der Waals surface area contributed by atoms with Crippen molar-refractivity contribution in [1.82, 2.24) is 0 Å². The van der Waals surface area contributed by atoms with Crippen LogP contribution in [-0.2, 0) is 6.54 Å². The molecule has 0 unspecified atom stereocenters. The van der Waals surface area contributed by atoms with Crippen LogP contribution in [0.15, 0.2) is 28.9 Å². The first-order valence-electron chi connectivity index (χ1n) is 4.14. The van der Waals surface area contributed by atoms with Crippen LogP contribution in [0.4, 0.5) is 0 Å². The van der Waals surface area contributed by atoms with Gasteiger partial charge < -0.3 is 10.2 Å². The molecular formula is C10H11NOS. The number of furan rings is 1. The van der Waals surface area contributed by atoms with Crippen LogP contribution in [0.1, 0.15) is 10.6 Å². The third-order valence-corrected chi connectivity index (χ3v) is 2.97. The molecule has 2 aromatic heterocycles. The fourth-order valence-corrected chi connectivity index (χ4v) is 2.21. The molecule has 0 atom stereocenters. The Kier molecular flexibility index (Phi) is 2.20. The zero-order valence-electron chi connectivity index (χ0n) is 7.41. The molecule has 2 N–H and O–H groups in total. The lowest BCUT2D eigenvalue weighted by molar-refractivity contribution is 0.513. The van der Waals surface area contributed by atoms with E-state index < -0.39 is 0 Å². The third kappa shape index (κ3) is 1.53. The summed E-state index contributed by atoms with van der Waals surface area (Å²) in [6.07, 6.45) is 1.69. The number of thiophene rings is 1. The highest BCUT2D eigenvalue weighted by atomic mass is 32.1. The van der Waals surface area contributed by atoms with Crippen LogP contribution in [0, 0.1) is 6.92 Å². The van der Waals surface area contributed by atoms with Crippen LogP contribution in [0.5, 0.6) is 0 Å². The summed E-state index contributed by atoms with van der Waals surface area (Å²) in [4.78, 5) is 2.53. The zero-order valence-corrected chi connectivity index (χ0v) is 8.23. The summed E-state index contributed by atoms with van der Waals surface area (Å²) >= 11 is 1.76. The van der Waals surface area contributed by atoms with E-state index in [1.54, 1.807) is 17.6 Å². The highest BCUT2D eigenvalue weighted by Crippen LogP contribution is 2.30. The predicted molar refractivity (Wildman–Crippen MR) is 54.6 cm³/mol. The number of rotatable bonds is 2. The molecule has 0 bridgehead atoms. The largest absolute Gasteiger partial charge is 0.467 e. The molecule has 0 amide bonds. The zero-order chi connectivity index (χ0) is 9.26. The summed E-state index contributed by atoms with van der Waals surface area (Å²) in [5.41, 5.74) is 6.68. The normalized spacial score (nSPS) is 10.6. The molecule has 0 aliphatic carbocycles. The Balaban J connectivity index is 2.45. The van der Waals surface area contributed by atoms with Crippen molar-refractivity contribution < 1.29 is 4.42 Å². The first-order chi connectivity index (χ1) is 6.31. The molecule has 2 aromatic rings. The average molecular weight is 193 g/mol. The van der Waals surface area contributed by atoms with E-state index in [9.17, 15) is 0 Å². The number of hydrogen-bond acceptors (Lipinski definition) is 3. The van der Waals surface area contributed by atoms with E-state index in [-0.39, 0.29) is 0 Å². The van der Waals surface area contributed by atoms with Gasteiger partial charge in [0.15, 0.2) is 0 Å². The maximum atomic E-state index is 5.55. The lowest BCUT2D eigenvalue weighted by Gasteiger charge is -1.94. The SMILES string of the molecule is Cc1ccc(-c2ccoc2CN)s1.